The van der Waals surface area contributed by atoms with E-state index >= 15 is 0 Å². The van der Waals surface area contributed by atoms with Crippen molar-refractivity contribution in [2.24, 2.45) is 0 Å². The molecule has 10 heteroatoms. The molecule has 0 unspecified atom stereocenters. The smallest absolute Gasteiger partial charge is 0.328 e. The summed E-state index contributed by atoms with van der Waals surface area (Å²) in [6, 6.07) is 27.3. The first-order valence-corrected chi connectivity index (χ1v) is 15.8. The normalized spacial score (nSPS) is 11.4. The molecule has 0 saturated heterocycles. The summed E-state index contributed by atoms with van der Waals surface area (Å²) in [6.45, 7) is 2.82. The molecule has 0 aromatic heterocycles. The zero-order chi connectivity index (χ0) is 32.3. The number of nitro groups is 1. The molecule has 0 aliphatic heterocycles. The van der Waals surface area contributed by atoms with Crippen LogP contribution >= 0.6 is 11.8 Å². The van der Waals surface area contributed by atoms with Crippen LogP contribution in [0.3, 0.4) is 0 Å². The van der Waals surface area contributed by atoms with Gasteiger partial charge in [0.15, 0.2) is 0 Å². The summed E-state index contributed by atoms with van der Waals surface area (Å²) in [5.41, 5.74) is 5.62. The van der Waals surface area contributed by atoms with E-state index in [-0.39, 0.29) is 11.6 Å². The van der Waals surface area contributed by atoms with Crippen LogP contribution in [-0.4, -0.2) is 49.1 Å². The number of nitrogens with zero attached hydrogens (tertiary/aromatic N) is 2. The molecule has 234 valence electrons. The van der Waals surface area contributed by atoms with Crippen LogP contribution in [0.15, 0.2) is 91.0 Å². The Kier molecular flexibility index (Phi) is 11.6. The van der Waals surface area contributed by atoms with Gasteiger partial charge in [-0.1, -0.05) is 48.5 Å². The molecule has 4 aromatic rings. The van der Waals surface area contributed by atoms with E-state index in [9.17, 15) is 19.7 Å². The number of carbonyl (C=O) groups excluding carboxylic acids is 2. The molecule has 0 heterocycles. The van der Waals surface area contributed by atoms with E-state index in [2.05, 4.69) is 10.2 Å². The Hall–Kier alpha value is -4.83. The van der Waals surface area contributed by atoms with E-state index in [1.807, 2.05) is 79.9 Å². The summed E-state index contributed by atoms with van der Waals surface area (Å²) in [5.74, 6) is 0.255. The standard InChI is InChI=1S/C35H37N3O6S/c1-24-10-8-9-13-30(24)32-20-25(14-15-31(32)34(39)36-33(16-17-45-4)35(40)44-3)22-37(27-11-6-5-7-12-27)23-26-18-28(38(41)42)21-29(19-26)43-2/h5-15,18-21,33H,16-17,22-23H2,1-4H3,(H,36,39)/t33-/m0/s1. The molecule has 0 saturated carbocycles. The van der Waals surface area contributed by atoms with Gasteiger partial charge in [-0.2, -0.15) is 11.8 Å². The highest BCUT2D eigenvalue weighted by molar-refractivity contribution is 7.98. The van der Waals surface area contributed by atoms with Crippen LogP contribution in [0.2, 0.25) is 0 Å². The van der Waals surface area contributed by atoms with Gasteiger partial charge >= 0.3 is 5.97 Å². The maximum Gasteiger partial charge on any atom is 0.328 e. The van der Waals surface area contributed by atoms with Crippen LogP contribution in [0.4, 0.5) is 11.4 Å². The van der Waals surface area contributed by atoms with Crippen LogP contribution in [-0.2, 0) is 22.6 Å². The predicted molar refractivity (Wildman–Crippen MR) is 179 cm³/mol. The fourth-order valence-electron chi connectivity index (χ4n) is 5.12. The number of ether oxygens (including phenoxy) is 2. The zero-order valence-corrected chi connectivity index (χ0v) is 26.6. The lowest BCUT2D eigenvalue weighted by Crippen LogP contribution is -2.42. The van der Waals surface area contributed by atoms with Crippen molar-refractivity contribution < 1.29 is 24.0 Å². The quantitative estimate of drug-likeness (QED) is 0.0922. The lowest BCUT2D eigenvalue weighted by atomic mass is 9.93. The molecule has 1 atom stereocenters. The molecule has 1 N–H and O–H groups in total. The van der Waals surface area contributed by atoms with Gasteiger partial charge in [0.1, 0.15) is 11.8 Å². The third-order valence-electron chi connectivity index (χ3n) is 7.43. The van der Waals surface area contributed by atoms with E-state index < -0.39 is 16.9 Å². The average Bonchev–Trinajstić information content (AvgIpc) is 3.06. The van der Waals surface area contributed by atoms with Crippen LogP contribution in [0.25, 0.3) is 11.1 Å². The number of aryl methyl sites for hydroxylation is 1. The Morgan fingerprint density at radius 3 is 2.29 bits per heavy atom. The van der Waals surface area contributed by atoms with Gasteiger partial charge in [0.2, 0.25) is 0 Å². The molecule has 4 aromatic carbocycles. The highest BCUT2D eigenvalue weighted by Gasteiger charge is 2.24. The number of nitrogens with one attached hydrogen (secondary N) is 1. The summed E-state index contributed by atoms with van der Waals surface area (Å²) < 4.78 is 10.3. The molecular weight excluding hydrogens is 590 g/mol. The maximum absolute atomic E-state index is 13.7. The number of methoxy groups -OCH3 is 2. The van der Waals surface area contributed by atoms with Crippen LogP contribution in [0, 0.1) is 17.0 Å². The predicted octanol–water partition coefficient (Wildman–Crippen LogP) is 6.81. The Balaban J connectivity index is 1.74. The lowest BCUT2D eigenvalue weighted by molar-refractivity contribution is -0.385. The van der Waals surface area contributed by atoms with E-state index in [0.29, 0.717) is 36.6 Å². The molecule has 0 spiro atoms. The summed E-state index contributed by atoms with van der Waals surface area (Å²) in [4.78, 5) is 39.4. The van der Waals surface area contributed by atoms with Crippen molar-refractivity contribution in [2.45, 2.75) is 32.5 Å². The van der Waals surface area contributed by atoms with Crippen molar-refractivity contribution >= 4 is 35.0 Å². The average molecular weight is 628 g/mol. The first kappa shape index (κ1) is 33.1. The van der Waals surface area contributed by atoms with Gasteiger partial charge in [-0.15, -0.1) is 0 Å². The molecule has 4 rings (SSSR count). The van der Waals surface area contributed by atoms with E-state index in [1.165, 1.54) is 20.3 Å². The minimum atomic E-state index is -0.764. The van der Waals surface area contributed by atoms with Gasteiger partial charge < -0.3 is 19.7 Å². The summed E-state index contributed by atoms with van der Waals surface area (Å²) in [6.07, 6.45) is 2.39. The number of anilines is 1. The molecule has 0 aliphatic carbocycles. The monoisotopic (exact) mass is 627 g/mol. The molecular formula is C35H37N3O6S. The Morgan fingerprint density at radius 1 is 0.911 bits per heavy atom. The zero-order valence-electron chi connectivity index (χ0n) is 25.8. The maximum atomic E-state index is 13.7. The summed E-state index contributed by atoms with van der Waals surface area (Å²) in [5, 5.41) is 14.5. The van der Waals surface area contributed by atoms with Gasteiger partial charge in [0.05, 0.1) is 25.2 Å². The molecule has 1 amide bonds. The van der Waals surface area contributed by atoms with E-state index in [0.717, 1.165) is 33.5 Å². The number of carbonyl (C=O) groups is 2. The van der Waals surface area contributed by atoms with E-state index in [4.69, 9.17) is 9.47 Å². The van der Waals surface area contributed by atoms with Crippen molar-refractivity contribution in [3.05, 3.63) is 123 Å². The molecule has 0 aliphatic rings. The number of non-ortho nitro benzene ring substituents is 1. The first-order chi connectivity index (χ1) is 21.7. The minimum Gasteiger partial charge on any atom is -0.496 e. The van der Waals surface area contributed by atoms with Gasteiger partial charge in [-0.3, -0.25) is 14.9 Å². The van der Waals surface area contributed by atoms with Gasteiger partial charge in [0.25, 0.3) is 11.6 Å². The van der Waals surface area contributed by atoms with Gasteiger partial charge in [-0.05, 0) is 83.5 Å². The van der Waals surface area contributed by atoms with Gasteiger partial charge in [-0.25, -0.2) is 4.79 Å². The second kappa shape index (κ2) is 15.8. The Morgan fingerprint density at radius 2 is 1.62 bits per heavy atom. The summed E-state index contributed by atoms with van der Waals surface area (Å²) >= 11 is 1.59. The number of esters is 1. The number of para-hydroxylation sites is 1. The molecule has 0 radical (unpaired) electrons. The highest BCUT2D eigenvalue weighted by atomic mass is 32.2. The lowest BCUT2D eigenvalue weighted by Gasteiger charge is -2.26. The Labute approximate surface area is 267 Å². The topological polar surface area (TPSA) is 111 Å². The highest BCUT2D eigenvalue weighted by Crippen LogP contribution is 2.31. The van der Waals surface area contributed by atoms with E-state index in [1.54, 1.807) is 30.0 Å². The van der Waals surface area contributed by atoms with Crippen LogP contribution in [0.1, 0.15) is 33.5 Å². The molecule has 0 fully saturated rings. The van der Waals surface area contributed by atoms with Crippen molar-refractivity contribution in [3.8, 4) is 16.9 Å². The number of thioether (sulfide) groups is 1. The first-order valence-electron chi connectivity index (χ1n) is 14.4. The fourth-order valence-corrected chi connectivity index (χ4v) is 5.60. The SMILES string of the molecule is COC(=O)[C@H](CCSC)NC(=O)c1ccc(CN(Cc2cc(OC)cc([N+](=O)[O-])c2)c2ccccc2)cc1-c1ccccc1C. The third kappa shape index (κ3) is 8.63. The number of nitro benzene ring substituents is 1. The number of rotatable bonds is 14. The largest absolute Gasteiger partial charge is 0.496 e. The third-order valence-corrected chi connectivity index (χ3v) is 8.08. The van der Waals surface area contributed by atoms with Crippen molar-refractivity contribution in [1.82, 2.24) is 5.32 Å². The second-order valence-corrected chi connectivity index (χ2v) is 11.5. The number of hydrogen-bond donors (Lipinski definition) is 1. The van der Waals surface area contributed by atoms with Crippen molar-refractivity contribution in [2.75, 3.05) is 31.1 Å². The summed E-state index contributed by atoms with van der Waals surface area (Å²) in [7, 11) is 2.80. The molecule has 45 heavy (non-hydrogen) atoms. The Bertz CT molecular complexity index is 1650. The van der Waals surface area contributed by atoms with Gasteiger partial charge in [0, 0.05) is 30.4 Å². The number of benzene rings is 4. The van der Waals surface area contributed by atoms with Crippen molar-refractivity contribution in [1.29, 1.82) is 0 Å². The van der Waals surface area contributed by atoms with Crippen LogP contribution < -0.4 is 15.0 Å². The van der Waals surface area contributed by atoms with Crippen LogP contribution in [0.5, 0.6) is 5.75 Å². The van der Waals surface area contributed by atoms with Crippen molar-refractivity contribution in [3.63, 3.8) is 0 Å². The minimum absolute atomic E-state index is 0.0441. The molecule has 9 nitrogen and oxygen atoms in total. The second-order valence-electron chi connectivity index (χ2n) is 10.5. The fraction of sp³-hybridized carbons (Fsp3) is 0.257. The number of amides is 1. The molecule has 0 bridgehead atoms. The number of hydrogen-bond acceptors (Lipinski definition) is 8.